The van der Waals surface area contributed by atoms with Crippen molar-refractivity contribution in [2.24, 2.45) is 0 Å². The van der Waals surface area contributed by atoms with Gasteiger partial charge in [0, 0.05) is 27.7 Å². The predicted molar refractivity (Wildman–Crippen MR) is 141 cm³/mol. The van der Waals surface area contributed by atoms with E-state index in [9.17, 15) is 18.0 Å². The zero-order chi connectivity index (χ0) is 25.8. The SMILES string of the molecule is C[C@H](C(=O)NC1CCCC1)N(Cc1ccc(Cl)cc1)C(=O)CN(c1cc(Cl)cc(Cl)c1)S(C)(=O)=O. The molecule has 0 radical (unpaired) electrons. The van der Waals surface area contributed by atoms with E-state index in [4.69, 9.17) is 34.8 Å². The molecule has 0 aromatic heterocycles. The Hall–Kier alpha value is -2.00. The number of sulfonamides is 1. The van der Waals surface area contributed by atoms with Crippen molar-refractivity contribution >= 4 is 62.3 Å². The molecule has 1 aliphatic rings. The zero-order valence-corrected chi connectivity index (χ0v) is 22.6. The molecule has 7 nitrogen and oxygen atoms in total. The third-order valence-corrected chi connectivity index (χ3v) is 7.78. The molecule has 11 heteroatoms. The van der Waals surface area contributed by atoms with E-state index in [0.29, 0.717) is 5.02 Å². The molecule has 1 fully saturated rings. The second-order valence-corrected chi connectivity index (χ2v) is 11.9. The summed E-state index contributed by atoms with van der Waals surface area (Å²) in [7, 11) is -3.87. The molecule has 2 aromatic carbocycles. The highest BCUT2D eigenvalue weighted by atomic mass is 35.5. The van der Waals surface area contributed by atoms with E-state index < -0.39 is 28.5 Å². The van der Waals surface area contributed by atoms with E-state index in [1.807, 2.05) is 0 Å². The van der Waals surface area contributed by atoms with Gasteiger partial charge in [0.15, 0.2) is 0 Å². The van der Waals surface area contributed by atoms with E-state index >= 15 is 0 Å². The molecular weight excluding hydrogens is 533 g/mol. The van der Waals surface area contributed by atoms with E-state index in [1.165, 1.54) is 23.1 Å². The Morgan fingerprint density at radius 3 is 2.11 bits per heavy atom. The lowest BCUT2D eigenvalue weighted by molar-refractivity contribution is -0.139. The van der Waals surface area contributed by atoms with Crippen LogP contribution in [0.5, 0.6) is 0 Å². The van der Waals surface area contributed by atoms with Gasteiger partial charge in [0.2, 0.25) is 21.8 Å². The second kappa shape index (κ2) is 11.8. The Labute approximate surface area is 221 Å². The first-order valence-corrected chi connectivity index (χ1v) is 14.2. The van der Waals surface area contributed by atoms with Crippen molar-refractivity contribution in [2.75, 3.05) is 17.1 Å². The summed E-state index contributed by atoms with van der Waals surface area (Å²) in [5.41, 5.74) is 0.910. The van der Waals surface area contributed by atoms with Gasteiger partial charge in [-0.3, -0.25) is 13.9 Å². The topological polar surface area (TPSA) is 86.8 Å². The largest absolute Gasteiger partial charge is 0.352 e. The van der Waals surface area contributed by atoms with E-state index in [-0.39, 0.29) is 34.2 Å². The zero-order valence-electron chi connectivity index (χ0n) is 19.5. The Morgan fingerprint density at radius 1 is 1.00 bits per heavy atom. The van der Waals surface area contributed by atoms with Crippen LogP contribution in [0.4, 0.5) is 5.69 Å². The van der Waals surface area contributed by atoms with Gasteiger partial charge in [-0.2, -0.15) is 0 Å². The highest BCUT2D eigenvalue weighted by molar-refractivity contribution is 7.92. The van der Waals surface area contributed by atoms with Crippen LogP contribution in [0.15, 0.2) is 42.5 Å². The van der Waals surface area contributed by atoms with Crippen LogP contribution < -0.4 is 9.62 Å². The Balaban J connectivity index is 1.89. The molecule has 3 rings (SSSR count). The molecule has 2 aromatic rings. The molecule has 0 heterocycles. The summed E-state index contributed by atoms with van der Waals surface area (Å²) in [6.45, 7) is 1.21. The Bertz CT molecular complexity index is 1150. The van der Waals surface area contributed by atoms with Crippen molar-refractivity contribution < 1.29 is 18.0 Å². The van der Waals surface area contributed by atoms with Crippen LogP contribution >= 0.6 is 34.8 Å². The number of nitrogens with one attached hydrogen (secondary N) is 1. The molecule has 2 amide bonds. The van der Waals surface area contributed by atoms with Crippen molar-refractivity contribution in [3.63, 3.8) is 0 Å². The van der Waals surface area contributed by atoms with Gasteiger partial charge in [0.05, 0.1) is 11.9 Å². The van der Waals surface area contributed by atoms with Gasteiger partial charge in [0.25, 0.3) is 0 Å². The van der Waals surface area contributed by atoms with Crippen LogP contribution in [0.3, 0.4) is 0 Å². The summed E-state index contributed by atoms with van der Waals surface area (Å²) < 4.78 is 26.2. The standard InChI is InChI=1S/C24H28Cl3N3O4S/c1-16(24(32)28-21-5-3-4-6-21)29(14-17-7-9-18(25)10-8-17)23(31)15-30(35(2,33)34)22-12-19(26)11-20(27)13-22/h7-13,16,21H,3-6,14-15H2,1-2H3,(H,28,32)/t16-/m1/s1. The van der Waals surface area contributed by atoms with Gasteiger partial charge in [0.1, 0.15) is 12.6 Å². The van der Waals surface area contributed by atoms with Crippen molar-refractivity contribution in [3.05, 3.63) is 63.1 Å². The van der Waals surface area contributed by atoms with Crippen molar-refractivity contribution in [1.29, 1.82) is 0 Å². The molecule has 190 valence electrons. The maximum Gasteiger partial charge on any atom is 0.244 e. The third-order valence-electron chi connectivity index (χ3n) is 5.95. The van der Waals surface area contributed by atoms with E-state index in [0.717, 1.165) is 41.8 Å². The monoisotopic (exact) mass is 559 g/mol. The lowest BCUT2D eigenvalue weighted by atomic mass is 10.1. The molecule has 0 unspecified atom stereocenters. The molecule has 1 N–H and O–H groups in total. The van der Waals surface area contributed by atoms with Crippen LogP contribution in [0, 0.1) is 0 Å². The van der Waals surface area contributed by atoms with Crippen LogP contribution in [0.25, 0.3) is 0 Å². The number of anilines is 1. The summed E-state index contributed by atoms with van der Waals surface area (Å²) in [6.07, 6.45) is 4.91. The minimum absolute atomic E-state index is 0.0820. The number of halogens is 3. The molecule has 0 saturated heterocycles. The lowest BCUT2D eigenvalue weighted by Gasteiger charge is -2.32. The van der Waals surface area contributed by atoms with Crippen LogP contribution in [-0.2, 0) is 26.2 Å². The van der Waals surface area contributed by atoms with Gasteiger partial charge >= 0.3 is 0 Å². The predicted octanol–water partition coefficient (Wildman–Crippen LogP) is 4.89. The lowest BCUT2D eigenvalue weighted by Crippen LogP contribution is -2.52. The van der Waals surface area contributed by atoms with Gasteiger partial charge in [-0.1, -0.05) is 59.8 Å². The van der Waals surface area contributed by atoms with Crippen LogP contribution in [-0.4, -0.2) is 50.0 Å². The Morgan fingerprint density at radius 2 is 1.57 bits per heavy atom. The van der Waals surface area contributed by atoms with E-state index in [1.54, 1.807) is 31.2 Å². The Kier molecular flexibility index (Phi) is 9.32. The summed E-state index contributed by atoms with van der Waals surface area (Å²) in [6, 6.07) is 10.5. The molecular formula is C24H28Cl3N3O4S. The summed E-state index contributed by atoms with van der Waals surface area (Å²) in [4.78, 5) is 28.0. The normalized spacial score (nSPS) is 15.0. The number of carbonyl (C=O) groups is 2. The average Bonchev–Trinajstić information content (AvgIpc) is 3.28. The number of rotatable bonds is 9. The first-order chi connectivity index (χ1) is 16.4. The quantitative estimate of drug-likeness (QED) is 0.473. The minimum Gasteiger partial charge on any atom is -0.352 e. The fourth-order valence-corrected chi connectivity index (χ4v) is 5.53. The maximum atomic E-state index is 13.5. The van der Waals surface area contributed by atoms with Crippen LogP contribution in [0.1, 0.15) is 38.2 Å². The van der Waals surface area contributed by atoms with Gasteiger partial charge in [-0.15, -0.1) is 0 Å². The third kappa shape index (κ3) is 7.74. The molecule has 1 atom stereocenters. The van der Waals surface area contributed by atoms with Crippen LogP contribution in [0.2, 0.25) is 15.1 Å². The first kappa shape index (κ1) is 27.6. The fourth-order valence-electron chi connectivity index (χ4n) is 4.06. The fraction of sp³-hybridized carbons (Fsp3) is 0.417. The number of nitrogens with zero attached hydrogens (tertiary/aromatic N) is 2. The minimum atomic E-state index is -3.87. The maximum absolute atomic E-state index is 13.5. The summed E-state index contributed by atoms with van der Waals surface area (Å²) >= 11 is 18.1. The first-order valence-electron chi connectivity index (χ1n) is 11.2. The molecule has 1 saturated carbocycles. The number of carbonyl (C=O) groups excluding carboxylic acids is 2. The molecule has 0 spiro atoms. The second-order valence-electron chi connectivity index (χ2n) is 8.71. The van der Waals surface area contributed by atoms with Gasteiger partial charge in [-0.05, 0) is 55.7 Å². The van der Waals surface area contributed by atoms with Crippen molar-refractivity contribution in [2.45, 2.75) is 51.2 Å². The van der Waals surface area contributed by atoms with Crippen molar-refractivity contribution in [1.82, 2.24) is 10.2 Å². The summed E-state index contributed by atoms with van der Waals surface area (Å²) in [5.74, 6) is -0.827. The smallest absolute Gasteiger partial charge is 0.244 e. The molecule has 1 aliphatic carbocycles. The van der Waals surface area contributed by atoms with E-state index in [2.05, 4.69) is 5.32 Å². The van der Waals surface area contributed by atoms with Gasteiger partial charge in [-0.25, -0.2) is 8.42 Å². The van der Waals surface area contributed by atoms with Crippen molar-refractivity contribution in [3.8, 4) is 0 Å². The number of hydrogen-bond donors (Lipinski definition) is 1. The number of hydrogen-bond acceptors (Lipinski definition) is 4. The molecule has 0 aliphatic heterocycles. The highest BCUT2D eigenvalue weighted by Gasteiger charge is 2.31. The molecule has 0 bridgehead atoms. The number of amides is 2. The average molecular weight is 561 g/mol. The molecule has 35 heavy (non-hydrogen) atoms. The number of benzene rings is 2. The highest BCUT2D eigenvalue weighted by Crippen LogP contribution is 2.27. The van der Waals surface area contributed by atoms with Gasteiger partial charge < -0.3 is 10.2 Å². The summed E-state index contributed by atoms with van der Waals surface area (Å²) in [5, 5.41) is 4.02.